The number of para-hydroxylation sites is 2. The number of methoxy groups -OCH3 is 1. The van der Waals surface area contributed by atoms with Crippen LogP contribution in [0.1, 0.15) is 44.0 Å². The number of rotatable bonds is 8. The Bertz CT molecular complexity index is 958. The fraction of sp³-hybridized carbons (Fsp3) is 0.480. The van der Waals surface area contributed by atoms with E-state index in [2.05, 4.69) is 65.8 Å². The van der Waals surface area contributed by atoms with Gasteiger partial charge in [-0.1, -0.05) is 24.3 Å². The van der Waals surface area contributed by atoms with Crippen LogP contribution < -0.4 is 4.74 Å². The lowest BCUT2D eigenvalue weighted by molar-refractivity contribution is 0.0724. The number of ether oxygens (including phenoxy) is 2. The number of nitrogens with zero attached hydrogens (tertiary/aromatic N) is 3. The molecule has 1 aromatic heterocycles. The van der Waals surface area contributed by atoms with Crippen LogP contribution in [0, 0.1) is 0 Å². The fourth-order valence-electron chi connectivity index (χ4n) is 4.40. The van der Waals surface area contributed by atoms with Gasteiger partial charge in [-0.2, -0.15) is 0 Å². The van der Waals surface area contributed by atoms with E-state index in [0.29, 0.717) is 5.92 Å². The maximum absolute atomic E-state index is 5.84. The van der Waals surface area contributed by atoms with Crippen molar-refractivity contribution in [3.63, 3.8) is 0 Å². The smallest absolute Gasteiger partial charge is 0.119 e. The van der Waals surface area contributed by atoms with Gasteiger partial charge < -0.3 is 14.0 Å². The molecular formula is C25H33N3O2. The molecule has 0 radical (unpaired) electrons. The Hall–Kier alpha value is -2.37. The molecule has 160 valence electrons. The average Bonchev–Trinajstić information content (AvgIpc) is 3.13. The predicted molar refractivity (Wildman–Crippen MR) is 121 cm³/mol. The van der Waals surface area contributed by atoms with Crippen molar-refractivity contribution < 1.29 is 9.47 Å². The second kappa shape index (κ2) is 9.63. The summed E-state index contributed by atoms with van der Waals surface area (Å²) >= 11 is 0. The first-order valence-electron chi connectivity index (χ1n) is 11.1. The maximum atomic E-state index is 5.84. The average molecular weight is 408 g/mol. The van der Waals surface area contributed by atoms with Crippen molar-refractivity contribution in [1.29, 1.82) is 0 Å². The molecule has 1 saturated heterocycles. The molecule has 1 aliphatic rings. The van der Waals surface area contributed by atoms with Crippen LogP contribution in [0.4, 0.5) is 0 Å². The monoisotopic (exact) mass is 407 g/mol. The third kappa shape index (κ3) is 4.85. The number of hydrogen-bond acceptors (Lipinski definition) is 4. The summed E-state index contributed by atoms with van der Waals surface area (Å²) in [6.45, 7) is 8.91. The van der Waals surface area contributed by atoms with Crippen LogP contribution in [-0.2, 0) is 17.8 Å². The van der Waals surface area contributed by atoms with Gasteiger partial charge in [-0.15, -0.1) is 0 Å². The van der Waals surface area contributed by atoms with Crippen molar-refractivity contribution in [3.05, 3.63) is 59.9 Å². The molecule has 0 bridgehead atoms. The van der Waals surface area contributed by atoms with Crippen LogP contribution in [-0.4, -0.2) is 47.4 Å². The Balaban J connectivity index is 1.44. The molecule has 0 N–H and O–H groups in total. The molecule has 1 aliphatic heterocycles. The molecule has 0 atom stereocenters. The van der Waals surface area contributed by atoms with Crippen LogP contribution in [0.25, 0.3) is 11.0 Å². The van der Waals surface area contributed by atoms with Crippen LogP contribution in [0.5, 0.6) is 5.75 Å². The van der Waals surface area contributed by atoms with Gasteiger partial charge >= 0.3 is 0 Å². The predicted octanol–water partition coefficient (Wildman–Crippen LogP) is 4.85. The zero-order chi connectivity index (χ0) is 20.9. The molecule has 4 rings (SSSR count). The zero-order valence-electron chi connectivity index (χ0n) is 18.4. The van der Waals surface area contributed by atoms with Crippen molar-refractivity contribution in [1.82, 2.24) is 14.5 Å². The Morgan fingerprint density at radius 2 is 1.87 bits per heavy atom. The standard InChI is InChI=1S/C25H33N3O2/c1-19(2)30-16-15-28-24-10-5-4-9-23(24)26-25(28)21-11-13-27(14-12-21)18-20-7-6-8-22(17-20)29-3/h4-10,17,19,21H,11-16,18H2,1-3H3. The highest BCUT2D eigenvalue weighted by atomic mass is 16.5. The third-order valence-electron chi connectivity index (χ3n) is 5.94. The molecular weight excluding hydrogens is 374 g/mol. The fourth-order valence-corrected chi connectivity index (χ4v) is 4.40. The summed E-state index contributed by atoms with van der Waals surface area (Å²) in [5.74, 6) is 2.65. The quantitative estimate of drug-likeness (QED) is 0.535. The number of benzene rings is 2. The molecule has 0 unspecified atom stereocenters. The first-order valence-corrected chi connectivity index (χ1v) is 11.1. The molecule has 30 heavy (non-hydrogen) atoms. The van der Waals surface area contributed by atoms with E-state index in [1.165, 1.54) is 16.9 Å². The normalized spacial score (nSPS) is 15.9. The summed E-state index contributed by atoms with van der Waals surface area (Å²) in [5.41, 5.74) is 3.63. The van der Waals surface area contributed by atoms with Gasteiger partial charge in [0.2, 0.25) is 0 Å². The Morgan fingerprint density at radius 1 is 1.07 bits per heavy atom. The number of imidazole rings is 1. The van der Waals surface area contributed by atoms with E-state index in [1.54, 1.807) is 7.11 Å². The minimum atomic E-state index is 0.253. The van der Waals surface area contributed by atoms with Crippen molar-refractivity contribution in [2.75, 3.05) is 26.8 Å². The molecule has 5 nitrogen and oxygen atoms in total. The summed E-state index contributed by atoms with van der Waals surface area (Å²) in [6, 6.07) is 16.9. The molecule has 3 aromatic rings. The van der Waals surface area contributed by atoms with Crippen molar-refractivity contribution >= 4 is 11.0 Å². The first kappa shape index (κ1) is 20.9. The van der Waals surface area contributed by atoms with Crippen molar-refractivity contribution in [2.45, 2.75) is 51.8 Å². The third-order valence-corrected chi connectivity index (χ3v) is 5.94. The lowest BCUT2D eigenvalue weighted by Gasteiger charge is -2.32. The minimum absolute atomic E-state index is 0.253. The van der Waals surface area contributed by atoms with E-state index in [-0.39, 0.29) is 6.10 Å². The largest absolute Gasteiger partial charge is 0.497 e. The Morgan fingerprint density at radius 3 is 2.63 bits per heavy atom. The second-order valence-corrected chi connectivity index (χ2v) is 8.43. The number of likely N-dealkylation sites (tertiary alicyclic amines) is 1. The van der Waals surface area contributed by atoms with Gasteiger partial charge in [0.05, 0.1) is 30.9 Å². The zero-order valence-corrected chi connectivity index (χ0v) is 18.4. The van der Waals surface area contributed by atoms with Gasteiger partial charge in [-0.25, -0.2) is 4.98 Å². The SMILES string of the molecule is COc1cccc(CN2CCC(c3nc4ccccc4n3CCOC(C)C)CC2)c1. The van der Waals surface area contributed by atoms with Gasteiger partial charge in [0.25, 0.3) is 0 Å². The minimum Gasteiger partial charge on any atom is -0.497 e. The first-order chi connectivity index (χ1) is 14.6. The highest BCUT2D eigenvalue weighted by molar-refractivity contribution is 5.76. The molecule has 1 fully saturated rings. The highest BCUT2D eigenvalue weighted by Gasteiger charge is 2.25. The van der Waals surface area contributed by atoms with Gasteiger partial charge in [-0.05, 0) is 69.6 Å². The summed E-state index contributed by atoms with van der Waals surface area (Å²) in [6.07, 6.45) is 2.53. The van der Waals surface area contributed by atoms with Crippen molar-refractivity contribution in [3.8, 4) is 5.75 Å². The van der Waals surface area contributed by atoms with E-state index in [0.717, 1.165) is 56.9 Å². The lowest BCUT2D eigenvalue weighted by atomic mass is 9.95. The number of piperidine rings is 1. The Kier molecular flexibility index (Phi) is 6.70. The van der Waals surface area contributed by atoms with E-state index in [4.69, 9.17) is 14.5 Å². The van der Waals surface area contributed by atoms with Crippen LogP contribution in [0.15, 0.2) is 48.5 Å². The highest BCUT2D eigenvalue weighted by Crippen LogP contribution is 2.31. The van der Waals surface area contributed by atoms with Crippen LogP contribution in [0.3, 0.4) is 0 Å². The van der Waals surface area contributed by atoms with Gasteiger partial charge in [0.15, 0.2) is 0 Å². The van der Waals surface area contributed by atoms with Crippen LogP contribution in [0.2, 0.25) is 0 Å². The van der Waals surface area contributed by atoms with Gasteiger partial charge in [0, 0.05) is 19.0 Å². The lowest BCUT2D eigenvalue weighted by Crippen LogP contribution is -2.33. The van der Waals surface area contributed by atoms with E-state index in [1.807, 2.05) is 6.07 Å². The van der Waals surface area contributed by atoms with Gasteiger partial charge in [-0.3, -0.25) is 4.90 Å². The molecule has 0 aliphatic carbocycles. The molecule has 0 spiro atoms. The topological polar surface area (TPSA) is 39.5 Å². The Labute approximate surface area is 179 Å². The summed E-state index contributed by atoms with van der Waals surface area (Å²) < 4.78 is 13.6. The van der Waals surface area contributed by atoms with Crippen LogP contribution >= 0.6 is 0 Å². The van der Waals surface area contributed by atoms with Crippen molar-refractivity contribution in [2.24, 2.45) is 0 Å². The maximum Gasteiger partial charge on any atom is 0.119 e. The number of fused-ring (bicyclic) bond motifs is 1. The number of hydrogen-bond donors (Lipinski definition) is 0. The molecule has 0 amide bonds. The summed E-state index contributed by atoms with van der Waals surface area (Å²) in [7, 11) is 1.73. The number of aromatic nitrogens is 2. The van der Waals surface area contributed by atoms with E-state index >= 15 is 0 Å². The summed E-state index contributed by atoms with van der Waals surface area (Å²) in [5, 5.41) is 0. The van der Waals surface area contributed by atoms with E-state index < -0.39 is 0 Å². The summed E-state index contributed by atoms with van der Waals surface area (Å²) in [4.78, 5) is 7.58. The second-order valence-electron chi connectivity index (χ2n) is 8.43. The van der Waals surface area contributed by atoms with E-state index in [9.17, 15) is 0 Å². The van der Waals surface area contributed by atoms with Gasteiger partial charge in [0.1, 0.15) is 11.6 Å². The molecule has 0 saturated carbocycles. The molecule has 2 heterocycles. The molecule has 5 heteroatoms. The molecule has 2 aromatic carbocycles.